The third-order valence-corrected chi connectivity index (χ3v) is 5.19. The first-order chi connectivity index (χ1) is 11.9. The predicted octanol–water partition coefficient (Wildman–Crippen LogP) is 2.95. The van der Waals surface area contributed by atoms with E-state index in [2.05, 4.69) is 14.9 Å². The van der Waals surface area contributed by atoms with Crippen LogP contribution in [0.2, 0.25) is 0 Å². The standard InChI is InChI=1S/C18H19N3O3S/c1-13-7-6-10-16(11-13)25(22,23)21-17(18-20-19-14(2)24-18)12-15-8-4-3-5-9-15/h3-11,17,21H,12H2,1-2H3. The van der Waals surface area contributed by atoms with E-state index in [1.807, 2.05) is 43.3 Å². The molecule has 3 aromatic rings. The molecule has 3 rings (SSSR count). The van der Waals surface area contributed by atoms with Gasteiger partial charge in [-0.05, 0) is 36.6 Å². The Hall–Kier alpha value is -2.51. The van der Waals surface area contributed by atoms with Gasteiger partial charge < -0.3 is 4.42 Å². The smallest absolute Gasteiger partial charge is 0.241 e. The Kier molecular flexibility index (Phi) is 4.96. The normalized spacial score (nSPS) is 12.9. The van der Waals surface area contributed by atoms with E-state index >= 15 is 0 Å². The van der Waals surface area contributed by atoms with E-state index in [1.165, 1.54) is 0 Å². The highest BCUT2D eigenvalue weighted by Gasteiger charge is 2.25. The van der Waals surface area contributed by atoms with Gasteiger partial charge in [-0.25, -0.2) is 8.42 Å². The average molecular weight is 357 g/mol. The van der Waals surface area contributed by atoms with Gasteiger partial charge in [-0.2, -0.15) is 4.72 Å². The van der Waals surface area contributed by atoms with Gasteiger partial charge in [-0.3, -0.25) is 0 Å². The zero-order valence-electron chi connectivity index (χ0n) is 14.0. The lowest BCUT2D eigenvalue weighted by Crippen LogP contribution is -2.30. The molecule has 0 spiro atoms. The highest BCUT2D eigenvalue weighted by Crippen LogP contribution is 2.21. The molecule has 130 valence electrons. The molecule has 0 saturated heterocycles. The van der Waals surface area contributed by atoms with Gasteiger partial charge in [0.15, 0.2) is 0 Å². The van der Waals surface area contributed by atoms with Crippen molar-refractivity contribution >= 4 is 10.0 Å². The number of sulfonamides is 1. The monoisotopic (exact) mass is 357 g/mol. The van der Waals surface area contributed by atoms with Gasteiger partial charge in [0, 0.05) is 6.92 Å². The van der Waals surface area contributed by atoms with Crippen LogP contribution in [0.1, 0.15) is 29.0 Å². The highest BCUT2D eigenvalue weighted by molar-refractivity contribution is 7.89. The van der Waals surface area contributed by atoms with Gasteiger partial charge >= 0.3 is 0 Å². The van der Waals surface area contributed by atoms with E-state index in [1.54, 1.807) is 25.1 Å². The van der Waals surface area contributed by atoms with Gasteiger partial charge in [0.1, 0.15) is 6.04 Å². The van der Waals surface area contributed by atoms with Gasteiger partial charge in [-0.1, -0.05) is 42.5 Å². The number of hydrogen-bond donors (Lipinski definition) is 1. The van der Waals surface area contributed by atoms with E-state index in [4.69, 9.17) is 4.42 Å². The summed E-state index contributed by atoms with van der Waals surface area (Å²) in [6.07, 6.45) is 0.410. The number of nitrogens with zero attached hydrogens (tertiary/aromatic N) is 2. The Morgan fingerprint density at radius 1 is 1.04 bits per heavy atom. The van der Waals surface area contributed by atoms with Crippen LogP contribution < -0.4 is 4.72 Å². The minimum Gasteiger partial charge on any atom is -0.424 e. The molecule has 1 atom stereocenters. The fraction of sp³-hybridized carbons (Fsp3) is 0.222. The maximum absolute atomic E-state index is 12.8. The quantitative estimate of drug-likeness (QED) is 0.733. The summed E-state index contributed by atoms with van der Waals surface area (Å²) < 4.78 is 33.7. The Balaban J connectivity index is 1.92. The lowest BCUT2D eigenvalue weighted by Gasteiger charge is -2.16. The number of aromatic nitrogens is 2. The first-order valence-corrected chi connectivity index (χ1v) is 9.35. The summed E-state index contributed by atoms with van der Waals surface area (Å²) >= 11 is 0. The van der Waals surface area contributed by atoms with E-state index in [0.29, 0.717) is 12.3 Å². The van der Waals surface area contributed by atoms with Gasteiger partial charge in [0.05, 0.1) is 4.90 Å². The number of rotatable bonds is 6. The summed E-state index contributed by atoms with van der Waals surface area (Å²) in [6.45, 7) is 3.52. The van der Waals surface area contributed by atoms with Gasteiger partial charge in [0.2, 0.25) is 21.8 Å². The zero-order valence-corrected chi connectivity index (χ0v) is 14.8. The number of nitrogens with one attached hydrogen (secondary N) is 1. The summed E-state index contributed by atoms with van der Waals surface area (Å²) in [5.41, 5.74) is 1.84. The fourth-order valence-electron chi connectivity index (χ4n) is 2.52. The van der Waals surface area contributed by atoms with Crippen LogP contribution in [-0.4, -0.2) is 18.6 Å². The summed E-state index contributed by atoms with van der Waals surface area (Å²) in [4.78, 5) is 0.210. The second kappa shape index (κ2) is 7.16. The van der Waals surface area contributed by atoms with Crippen molar-refractivity contribution in [1.82, 2.24) is 14.9 Å². The van der Waals surface area contributed by atoms with Crippen LogP contribution in [0.15, 0.2) is 63.9 Å². The second-order valence-corrected chi connectivity index (χ2v) is 7.55. The molecule has 0 aliphatic heterocycles. The molecule has 1 heterocycles. The van der Waals surface area contributed by atoms with Gasteiger partial charge in [-0.15, -0.1) is 10.2 Å². The van der Waals surface area contributed by atoms with Crippen LogP contribution in [0.4, 0.5) is 0 Å². The molecular formula is C18H19N3O3S. The SMILES string of the molecule is Cc1cccc(S(=O)(=O)NC(Cc2ccccc2)c2nnc(C)o2)c1. The molecule has 0 aliphatic rings. The van der Waals surface area contributed by atoms with Crippen molar-refractivity contribution in [3.05, 3.63) is 77.5 Å². The van der Waals surface area contributed by atoms with Crippen molar-refractivity contribution in [2.45, 2.75) is 31.2 Å². The Labute approximate surface area is 147 Å². The van der Waals surface area contributed by atoms with E-state index in [0.717, 1.165) is 11.1 Å². The van der Waals surface area contributed by atoms with Crippen molar-refractivity contribution in [2.75, 3.05) is 0 Å². The molecule has 6 nitrogen and oxygen atoms in total. The highest BCUT2D eigenvalue weighted by atomic mass is 32.2. The van der Waals surface area contributed by atoms with Gasteiger partial charge in [0.25, 0.3) is 0 Å². The molecule has 2 aromatic carbocycles. The molecular weight excluding hydrogens is 338 g/mol. The summed E-state index contributed by atoms with van der Waals surface area (Å²) in [7, 11) is -3.72. The molecule has 1 aromatic heterocycles. The molecule has 1 N–H and O–H groups in total. The average Bonchev–Trinajstić information content (AvgIpc) is 3.02. The molecule has 1 unspecified atom stereocenters. The van der Waals surface area contributed by atoms with Crippen LogP contribution >= 0.6 is 0 Å². The summed E-state index contributed by atoms with van der Waals surface area (Å²) in [6, 6.07) is 15.7. The van der Waals surface area contributed by atoms with Crippen molar-refractivity contribution in [3.63, 3.8) is 0 Å². The number of hydrogen-bond acceptors (Lipinski definition) is 5. The molecule has 0 amide bonds. The van der Waals surface area contributed by atoms with E-state index in [9.17, 15) is 8.42 Å². The summed E-state index contributed by atoms with van der Waals surface area (Å²) in [5, 5.41) is 7.81. The molecule has 0 saturated carbocycles. The van der Waals surface area contributed by atoms with E-state index < -0.39 is 16.1 Å². The first-order valence-electron chi connectivity index (χ1n) is 7.87. The van der Waals surface area contributed by atoms with Crippen molar-refractivity contribution in [1.29, 1.82) is 0 Å². The number of aryl methyl sites for hydroxylation is 2. The Morgan fingerprint density at radius 3 is 2.44 bits per heavy atom. The van der Waals surface area contributed by atoms with Crippen LogP contribution in [0, 0.1) is 13.8 Å². The number of benzene rings is 2. The minimum atomic E-state index is -3.72. The first kappa shape index (κ1) is 17.3. The van der Waals surface area contributed by atoms with Crippen molar-refractivity contribution < 1.29 is 12.8 Å². The predicted molar refractivity (Wildman–Crippen MR) is 93.4 cm³/mol. The third-order valence-electron chi connectivity index (χ3n) is 3.72. The fourth-order valence-corrected chi connectivity index (χ4v) is 3.81. The van der Waals surface area contributed by atoms with E-state index in [-0.39, 0.29) is 10.8 Å². The third kappa shape index (κ3) is 4.32. The maximum atomic E-state index is 12.8. The molecule has 0 fully saturated rings. The minimum absolute atomic E-state index is 0.210. The zero-order chi connectivity index (χ0) is 17.9. The van der Waals surface area contributed by atoms with Crippen LogP contribution in [0.25, 0.3) is 0 Å². The molecule has 7 heteroatoms. The largest absolute Gasteiger partial charge is 0.424 e. The van der Waals surface area contributed by atoms with Crippen molar-refractivity contribution in [3.8, 4) is 0 Å². The molecule has 0 aliphatic carbocycles. The molecule has 0 radical (unpaired) electrons. The lowest BCUT2D eigenvalue weighted by atomic mass is 10.1. The summed E-state index contributed by atoms with van der Waals surface area (Å²) in [5.74, 6) is 0.639. The van der Waals surface area contributed by atoms with Crippen LogP contribution in [0.5, 0.6) is 0 Å². The lowest BCUT2D eigenvalue weighted by molar-refractivity contribution is 0.411. The van der Waals surface area contributed by atoms with Crippen LogP contribution in [0.3, 0.4) is 0 Å². The second-order valence-electron chi connectivity index (χ2n) is 5.84. The maximum Gasteiger partial charge on any atom is 0.241 e. The topological polar surface area (TPSA) is 85.1 Å². The molecule has 0 bridgehead atoms. The Morgan fingerprint density at radius 2 is 1.80 bits per heavy atom. The Bertz CT molecular complexity index is 952. The molecule has 25 heavy (non-hydrogen) atoms. The van der Waals surface area contributed by atoms with Crippen LogP contribution in [-0.2, 0) is 16.4 Å². The van der Waals surface area contributed by atoms with Crippen molar-refractivity contribution in [2.24, 2.45) is 0 Å².